The summed E-state index contributed by atoms with van der Waals surface area (Å²) in [7, 11) is 0. The van der Waals surface area contributed by atoms with E-state index in [1.807, 2.05) is 6.20 Å². The fourth-order valence-corrected chi connectivity index (χ4v) is 5.46. The highest BCUT2D eigenvalue weighted by Crippen LogP contribution is 2.29. The Labute approximate surface area is 202 Å². The minimum Gasteiger partial charge on any atom is -0.330 e. The van der Waals surface area contributed by atoms with Crippen molar-refractivity contribution in [3.63, 3.8) is 0 Å². The van der Waals surface area contributed by atoms with Gasteiger partial charge in [0.25, 0.3) is 0 Å². The highest BCUT2D eigenvalue weighted by atomic mass is 15.2. The maximum atomic E-state index is 5.83. The lowest BCUT2D eigenvalue weighted by molar-refractivity contribution is 0.206. The van der Waals surface area contributed by atoms with Gasteiger partial charge in [-0.25, -0.2) is 0 Å². The lowest BCUT2D eigenvalue weighted by Gasteiger charge is -2.35. The van der Waals surface area contributed by atoms with Crippen LogP contribution in [0.5, 0.6) is 0 Å². The first kappa shape index (κ1) is 25.9. The van der Waals surface area contributed by atoms with Crippen LogP contribution in [0.15, 0.2) is 52.3 Å². The van der Waals surface area contributed by atoms with Gasteiger partial charge in [0.2, 0.25) is 0 Å². The zero-order valence-corrected chi connectivity index (χ0v) is 21.7. The van der Waals surface area contributed by atoms with Gasteiger partial charge in [-0.2, -0.15) is 0 Å². The molecule has 0 bridgehead atoms. The van der Waals surface area contributed by atoms with Crippen molar-refractivity contribution in [2.75, 3.05) is 32.7 Å². The number of nitrogens with two attached hydrogens (primary N) is 1. The third kappa shape index (κ3) is 7.37. The van der Waals surface area contributed by atoms with Crippen LogP contribution >= 0.6 is 0 Å². The molecule has 182 valence electrons. The molecule has 1 aliphatic carbocycles. The van der Waals surface area contributed by atoms with E-state index in [2.05, 4.69) is 68.0 Å². The Morgan fingerprint density at radius 1 is 1.30 bits per heavy atom. The number of nitrogens with zero attached hydrogens (tertiary/aromatic N) is 2. The predicted molar refractivity (Wildman–Crippen MR) is 142 cm³/mol. The molecule has 1 aromatic heterocycles. The van der Waals surface area contributed by atoms with E-state index < -0.39 is 0 Å². The van der Waals surface area contributed by atoms with Crippen molar-refractivity contribution in [1.29, 1.82) is 0 Å². The van der Waals surface area contributed by atoms with Gasteiger partial charge in [0.05, 0.1) is 0 Å². The lowest BCUT2D eigenvalue weighted by Crippen LogP contribution is -2.47. The summed E-state index contributed by atoms with van der Waals surface area (Å²) >= 11 is 0. The molecule has 1 saturated heterocycles. The van der Waals surface area contributed by atoms with Gasteiger partial charge in [-0.05, 0) is 103 Å². The maximum absolute atomic E-state index is 5.83. The van der Waals surface area contributed by atoms with E-state index in [0.29, 0.717) is 12.0 Å². The van der Waals surface area contributed by atoms with Crippen LogP contribution in [0.1, 0.15) is 83.4 Å². The Balaban J connectivity index is 1.66. The molecule has 3 N–H and O–H groups in total. The van der Waals surface area contributed by atoms with Gasteiger partial charge in [0.1, 0.15) is 0 Å². The Bertz CT molecular complexity index is 879. The molecule has 4 nitrogen and oxygen atoms in total. The fourth-order valence-electron chi connectivity index (χ4n) is 5.46. The highest BCUT2D eigenvalue weighted by molar-refractivity contribution is 5.37. The van der Waals surface area contributed by atoms with Crippen LogP contribution in [0.3, 0.4) is 0 Å². The molecule has 0 amide bonds. The molecule has 1 aliphatic heterocycles. The summed E-state index contributed by atoms with van der Waals surface area (Å²) in [5.74, 6) is 0.388. The van der Waals surface area contributed by atoms with Crippen LogP contribution in [-0.2, 0) is 0 Å². The molecular weight excluding hydrogens is 404 g/mol. The van der Waals surface area contributed by atoms with Crippen molar-refractivity contribution in [3.8, 4) is 0 Å². The van der Waals surface area contributed by atoms with Crippen molar-refractivity contribution in [1.82, 2.24) is 15.2 Å². The predicted octanol–water partition coefficient (Wildman–Crippen LogP) is 5.66. The second-order valence-electron chi connectivity index (χ2n) is 10.3. The molecule has 0 spiro atoms. The quantitative estimate of drug-likeness (QED) is 0.452. The van der Waals surface area contributed by atoms with Crippen LogP contribution in [-0.4, -0.2) is 48.6 Å². The highest BCUT2D eigenvalue weighted by Gasteiger charge is 2.23. The first-order valence-corrected chi connectivity index (χ1v) is 13.0. The van der Waals surface area contributed by atoms with Crippen LogP contribution in [0.2, 0.25) is 0 Å². The van der Waals surface area contributed by atoms with Crippen molar-refractivity contribution in [3.05, 3.63) is 63.5 Å². The van der Waals surface area contributed by atoms with E-state index in [-0.39, 0.29) is 0 Å². The van der Waals surface area contributed by atoms with Gasteiger partial charge in [-0.15, -0.1) is 0 Å². The number of pyridine rings is 1. The topological polar surface area (TPSA) is 54.2 Å². The van der Waals surface area contributed by atoms with Gasteiger partial charge in [-0.3, -0.25) is 9.88 Å². The lowest BCUT2D eigenvalue weighted by atomic mass is 9.88. The summed E-state index contributed by atoms with van der Waals surface area (Å²) in [5, 5.41) is 3.96. The molecule has 33 heavy (non-hydrogen) atoms. The van der Waals surface area contributed by atoms with Crippen LogP contribution < -0.4 is 11.1 Å². The zero-order valence-electron chi connectivity index (χ0n) is 21.7. The number of piperidine rings is 1. The Morgan fingerprint density at radius 3 is 2.85 bits per heavy atom. The molecule has 4 heteroatoms. The molecule has 1 fully saturated rings. The third-order valence-corrected chi connectivity index (χ3v) is 7.68. The summed E-state index contributed by atoms with van der Waals surface area (Å²) in [4.78, 5) is 7.07. The Hall–Kier alpha value is -1.75. The minimum atomic E-state index is 0.388. The summed E-state index contributed by atoms with van der Waals surface area (Å²) in [5.41, 5.74) is 16.0. The maximum Gasteiger partial charge on any atom is 0.0375 e. The minimum absolute atomic E-state index is 0.388. The summed E-state index contributed by atoms with van der Waals surface area (Å²) in [6, 6.07) is 4.96. The Kier molecular flexibility index (Phi) is 9.91. The number of hydrogen-bond acceptors (Lipinski definition) is 4. The summed E-state index contributed by atoms with van der Waals surface area (Å²) < 4.78 is 0. The van der Waals surface area contributed by atoms with Crippen LogP contribution in [0.25, 0.3) is 0 Å². The monoisotopic (exact) mass is 450 g/mol. The normalized spacial score (nSPS) is 21.6. The number of hydrogen-bond donors (Lipinski definition) is 2. The van der Waals surface area contributed by atoms with E-state index in [0.717, 1.165) is 44.7 Å². The first-order valence-electron chi connectivity index (χ1n) is 13.0. The summed E-state index contributed by atoms with van der Waals surface area (Å²) in [6.07, 6.45) is 11.5. The zero-order chi connectivity index (χ0) is 23.8. The molecule has 2 atom stereocenters. The second-order valence-corrected chi connectivity index (χ2v) is 10.3. The number of aryl methyl sites for hydroxylation is 1. The summed E-state index contributed by atoms with van der Waals surface area (Å²) in [6.45, 7) is 16.5. The molecule has 1 aromatic rings. The molecule has 0 aromatic carbocycles. The average molecular weight is 451 g/mol. The molecule has 2 heterocycles. The van der Waals surface area contributed by atoms with Crippen molar-refractivity contribution in [2.45, 2.75) is 85.1 Å². The van der Waals surface area contributed by atoms with Gasteiger partial charge >= 0.3 is 0 Å². The molecular formula is C29H46N4. The van der Waals surface area contributed by atoms with E-state index in [4.69, 9.17) is 5.73 Å². The van der Waals surface area contributed by atoms with Crippen molar-refractivity contribution >= 4 is 0 Å². The van der Waals surface area contributed by atoms with E-state index in [9.17, 15) is 0 Å². The van der Waals surface area contributed by atoms with Gasteiger partial charge in [0, 0.05) is 43.5 Å². The first-order chi connectivity index (χ1) is 15.9. The molecule has 3 rings (SSSR count). The molecule has 0 radical (unpaired) electrons. The molecule has 2 aliphatic rings. The number of aromatic nitrogens is 1. The standard InChI is InChI=1S/C29H46N4/c1-21(11-7-14-30)28(25(5)26-13-15-31-24(4)17-26)18-32-27-12-8-16-33(19-27)20-29-22(2)9-6-10-23(29)3/h9,13,15,17,25,27,32H,6-8,10-12,14,16,18-20,30H2,1-5H3/b28-21+. The van der Waals surface area contributed by atoms with Crippen LogP contribution in [0, 0.1) is 6.92 Å². The SMILES string of the molecule is CC1=CCCC(C)=C1CN1CCCC(NC/C(=C(/C)CCCN)C(C)c2ccnc(C)c2)C1. The van der Waals surface area contributed by atoms with Gasteiger partial charge in [0.15, 0.2) is 0 Å². The fraction of sp³-hybridized carbons (Fsp3) is 0.621. The molecule has 2 unspecified atom stereocenters. The van der Waals surface area contributed by atoms with Crippen LogP contribution in [0.4, 0.5) is 0 Å². The number of allylic oxidation sites excluding steroid dienone is 3. The largest absolute Gasteiger partial charge is 0.330 e. The third-order valence-electron chi connectivity index (χ3n) is 7.68. The Morgan fingerprint density at radius 2 is 2.12 bits per heavy atom. The van der Waals surface area contributed by atoms with E-state index >= 15 is 0 Å². The molecule has 0 saturated carbocycles. The number of likely N-dealkylation sites (tertiary alicyclic amines) is 1. The number of nitrogens with one attached hydrogen (secondary N) is 1. The van der Waals surface area contributed by atoms with Gasteiger partial charge in [-0.1, -0.05) is 35.3 Å². The van der Waals surface area contributed by atoms with Crippen molar-refractivity contribution < 1.29 is 0 Å². The second kappa shape index (κ2) is 12.6. The number of rotatable bonds is 10. The van der Waals surface area contributed by atoms with Gasteiger partial charge < -0.3 is 11.1 Å². The van der Waals surface area contributed by atoms with Crippen molar-refractivity contribution in [2.24, 2.45) is 5.73 Å². The smallest absolute Gasteiger partial charge is 0.0375 e. The van der Waals surface area contributed by atoms with E-state index in [1.165, 1.54) is 54.5 Å². The average Bonchev–Trinajstić information content (AvgIpc) is 2.80. The van der Waals surface area contributed by atoms with E-state index in [1.54, 1.807) is 11.1 Å².